The number of hydrogen-bond donors (Lipinski definition) is 2. The summed E-state index contributed by atoms with van der Waals surface area (Å²) in [4.78, 5) is 25.2. The van der Waals surface area contributed by atoms with Gasteiger partial charge in [0.1, 0.15) is 0 Å². The van der Waals surface area contributed by atoms with E-state index in [2.05, 4.69) is 24.5 Å². The van der Waals surface area contributed by atoms with Gasteiger partial charge in [0.2, 0.25) is 11.8 Å². The fraction of sp³-hybridized carbons (Fsp3) is 0.913. The summed E-state index contributed by atoms with van der Waals surface area (Å²) < 4.78 is 0. The Balaban J connectivity index is 1.18. The maximum Gasteiger partial charge on any atom is 0.226 e. The molecule has 0 spiro atoms. The molecule has 0 aliphatic heterocycles. The van der Waals surface area contributed by atoms with E-state index in [-0.39, 0.29) is 17.2 Å². The number of amides is 2. The molecular weight excluding hydrogens is 336 g/mol. The molecular formula is C23H38N2O2. The van der Waals surface area contributed by atoms with Crippen molar-refractivity contribution in [2.45, 2.75) is 90.5 Å². The fourth-order valence-corrected chi connectivity index (χ4v) is 7.09. The van der Waals surface area contributed by atoms with Crippen molar-refractivity contribution in [3.63, 3.8) is 0 Å². The van der Waals surface area contributed by atoms with Crippen molar-refractivity contribution in [2.24, 2.45) is 35.0 Å². The summed E-state index contributed by atoms with van der Waals surface area (Å²) >= 11 is 0. The van der Waals surface area contributed by atoms with Crippen LogP contribution in [-0.4, -0.2) is 24.4 Å². The minimum Gasteiger partial charge on any atom is -0.356 e. The Labute approximate surface area is 164 Å². The van der Waals surface area contributed by atoms with Gasteiger partial charge in [-0.2, -0.15) is 0 Å². The van der Waals surface area contributed by atoms with E-state index in [1.165, 1.54) is 32.1 Å². The van der Waals surface area contributed by atoms with Crippen LogP contribution >= 0.6 is 0 Å². The highest BCUT2D eigenvalue weighted by molar-refractivity contribution is 5.83. The predicted molar refractivity (Wildman–Crippen MR) is 107 cm³/mol. The average molecular weight is 375 g/mol. The molecule has 5 aliphatic carbocycles. The van der Waals surface area contributed by atoms with Crippen molar-refractivity contribution in [3.8, 4) is 0 Å². The summed E-state index contributed by atoms with van der Waals surface area (Å²) in [6.07, 6.45) is 12.3. The highest BCUT2D eigenvalue weighted by atomic mass is 16.2. The molecule has 5 saturated carbocycles. The van der Waals surface area contributed by atoms with Crippen molar-refractivity contribution < 1.29 is 9.59 Å². The molecule has 4 heteroatoms. The van der Waals surface area contributed by atoms with E-state index < -0.39 is 0 Å². The van der Waals surface area contributed by atoms with Gasteiger partial charge in [-0.1, -0.05) is 26.7 Å². The molecule has 0 saturated heterocycles. The molecule has 5 rings (SSSR count). The third-order valence-corrected chi connectivity index (χ3v) is 8.44. The summed E-state index contributed by atoms with van der Waals surface area (Å²) in [6.45, 7) is 5.20. The standard InChI is InChI=1S/C23H38N2O2/c1-15-5-3-6-20(16(15)2)25-21(26)7-4-8-24-22(27)23-12-17-9-18(13-23)11-19(10-17)14-23/h15-20H,3-14H2,1-2H3,(H,24,27)(H,25,26). The average Bonchev–Trinajstić information content (AvgIpc) is 2.61. The lowest BCUT2D eigenvalue weighted by molar-refractivity contribution is -0.146. The van der Waals surface area contributed by atoms with Crippen LogP contribution in [-0.2, 0) is 9.59 Å². The van der Waals surface area contributed by atoms with Gasteiger partial charge in [-0.05, 0) is 81.0 Å². The smallest absolute Gasteiger partial charge is 0.226 e. The Morgan fingerprint density at radius 3 is 2.22 bits per heavy atom. The molecule has 4 nitrogen and oxygen atoms in total. The molecule has 0 aromatic heterocycles. The minimum absolute atomic E-state index is 0.0648. The van der Waals surface area contributed by atoms with Crippen molar-refractivity contribution in [1.82, 2.24) is 10.6 Å². The van der Waals surface area contributed by atoms with Crippen LogP contribution in [0.4, 0.5) is 0 Å². The molecule has 3 unspecified atom stereocenters. The highest BCUT2D eigenvalue weighted by Gasteiger charge is 2.54. The van der Waals surface area contributed by atoms with Gasteiger partial charge in [0.05, 0.1) is 0 Å². The van der Waals surface area contributed by atoms with Crippen molar-refractivity contribution in [3.05, 3.63) is 0 Å². The molecule has 4 bridgehead atoms. The molecule has 5 fully saturated rings. The first-order chi connectivity index (χ1) is 12.9. The monoisotopic (exact) mass is 374 g/mol. The second-order valence-corrected chi connectivity index (χ2v) is 10.5. The quantitative estimate of drug-likeness (QED) is 0.689. The van der Waals surface area contributed by atoms with Gasteiger partial charge in [0.15, 0.2) is 0 Å². The Hall–Kier alpha value is -1.06. The Kier molecular flexibility index (Phi) is 5.53. The zero-order chi connectivity index (χ0) is 19.0. The lowest BCUT2D eigenvalue weighted by Crippen LogP contribution is -2.53. The first-order valence-electron chi connectivity index (χ1n) is 11.5. The van der Waals surface area contributed by atoms with E-state index in [1.54, 1.807) is 0 Å². The van der Waals surface area contributed by atoms with E-state index in [0.29, 0.717) is 30.8 Å². The summed E-state index contributed by atoms with van der Waals surface area (Å²) in [5, 5.41) is 6.44. The number of hydrogen-bond acceptors (Lipinski definition) is 2. The lowest BCUT2D eigenvalue weighted by atomic mass is 9.49. The molecule has 0 heterocycles. The Morgan fingerprint density at radius 2 is 1.59 bits per heavy atom. The summed E-state index contributed by atoms with van der Waals surface area (Å²) in [5.41, 5.74) is -0.0648. The van der Waals surface area contributed by atoms with Crippen LogP contribution < -0.4 is 10.6 Å². The van der Waals surface area contributed by atoms with Crippen LogP contribution in [0.25, 0.3) is 0 Å². The summed E-state index contributed by atoms with van der Waals surface area (Å²) in [6, 6.07) is 0.336. The van der Waals surface area contributed by atoms with Gasteiger partial charge in [-0.25, -0.2) is 0 Å². The van der Waals surface area contributed by atoms with Crippen LogP contribution in [0.15, 0.2) is 0 Å². The Morgan fingerprint density at radius 1 is 0.963 bits per heavy atom. The number of nitrogens with one attached hydrogen (secondary N) is 2. The van der Waals surface area contributed by atoms with Gasteiger partial charge in [0, 0.05) is 24.4 Å². The zero-order valence-electron chi connectivity index (χ0n) is 17.3. The summed E-state index contributed by atoms with van der Waals surface area (Å²) in [5.74, 6) is 4.11. The molecule has 0 aromatic carbocycles. The third kappa shape index (κ3) is 4.05. The lowest BCUT2D eigenvalue weighted by Gasteiger charge is -2.55. The second kappa shape index (κ2) is 7.75. The maximum atomic E-state index is 12.9. The van der Waals surface area contributed by atoms with Gasteiger partial charge < -0.3 is 10.6 Å². The first-order valence-corrected chi connectivity index (χ1v) is 11.5. The van der Waals surface area contributed by atoms with E-state index in [0.717, 1.165) is 49.9 Å². The van der Waals surface area contributed by atoms with Gasteiger partial charge >= 0.3 is 0 Å². The first kappa shape index (κ1) is 19.3. The molecule has 5 aliphatic rings. The molecule has 152 valence electrons. The zero-order valence-corrected chi connectivity index (χ0v) is 17.3. The van der Waals surface area contributed by atoms with E-state index in [1.807, 2.05) is 0 Å². The minimum atomic E-state index is -0.0648. The van der Waals surface area contributed by atoms with Crippen LogP contribution in [0.5, 0.6) is 0 Å². The van der Waals surface area contributed by atoms with E-state index >= 15 is 0 Å². The molecule has 2 amide bonds. The molecule has 27 heavy (non-hydrogen) atoms. The van der Waals surface area contributed by atoms with Crippen molar-refractivity contribution in [2.75, 3.05) is 6.54 Å². The molecule has 3 atom stereocenters. The summed E-state index contributed by atoms with van der Waals surface area (Å²) in [7, 11) is 0. The van der Waals surface area contributed by atoms with Crippen molar-refractivity contribution >= 4 is 11.8 Å². The Bertz CT molecular complexity index is 537. The fourth-order valence-electron chi connectivity index (χ4n) is 7.09. The second-order valence-electron chi connectivity index (χ2n) is 10.5. The number of carbonyl (C=O) groups excluding carboxylic acids is 2. The molecule has 0 radical (unpaired) electrons. The van der Waals surface area contributed by atoms with Crippen LogP contribution in [0.2, 0.25) is 0 Å². The normalized spacial score (nSPS) is 42.7. The topological polar surface area (TPSA) is 58.2 Å². The van der Waals surface area contributed by atoms with Crippen LogP contribution in [0, 0.1) is 35.0 Å². The highest BCUT2D eigenvalue weighted by Crippen LogP contribution is 2.60. The molecule has 2 N–H and O–H groups in total. The predicted octanol–water partition coefficient (Wildman–Crippen LogP) is 4.04. The van der Waals surface area contributed by atoms with Crippen LogP contribution in [0.1, 0.15) is 84.5 Å². The van der Waals surface area contributed by atoms with Gasteiger partial charge in [-0.15, -0.1) is 0 Å². The van der Waals surface area contributed by atoms with Crippen molar-refractivity contribution in [1.29, 1.82) is 0 Å². The van der Waals surface area contributed by atoms with Gasteiger partial charge in [0.25, 0.3) is 0 Å². The maximum absolute atomic E-state index is 12.9. The van der Waals surface area contributed by atoms with Crippen LogP contribution in [0.3, 0.4) is 0 Å². The molecule has 0 aromatic rings. The number of rotatable bonds is 6. The van der Waals surface area contributed by atoms with E-state index in [4.69, 9.17) is 0 Å². The number of carbonyl (C=O) groups is 2. The largest absolute Gasteiger partial charge is 0.356 e. The third-order valence-electron chi connectivity index (χ3n) is 8.44. The SMILES string of the molecule is CC1CCCC(NC(=O)CCCNC(=O)C23CC4CC(CC(C4)C2)C3)C1C. The van der Waals surface area contributed by atoms with E-state index in [9.17, 15) is 9.59 Å². The van der Waals surface area contributed by atoms with Gasteiger partial charge in [-0.3, -0.25) is 9.59 Å².